The number of nitriles is 1. The first-order chi connectivity index (χ1) is 13.9. The monoisotopic (exact) mass is 391 g/mol. The average molecular weight is 391 g/mol. The summed E-state index contributed by atoms with van der Waals surface area (Å²) in [5.74, 6) is -2.92. The van der Waals surface area contributed by atoms with Crippen molar-refractivity contribution in [3.8, 4) is 6.07 Å². The molecule has 0 aliphatic rings. The van der Waals surface area contributed by atoms with Crippen LogP contribution in [-0.4, -0.2) is 30.0 Å². The molecule has 2 N–H and O–H groups in total. The van der Waals surface area contributed by atoms with E-state index in [1.54, 1.807) is 60.7 Å². The van der Waals surface area contributed by atoms with Gasteiger partial charge in [0.05, 0.1) is 18.5 Å². The van der Waals surface area contributed by atoms with Gasteiger partial charge >= 0.3 is 5.97 Å². The van der Waals surface area contributed by atoms with E-state index < -0.39 is 30.3 Å². The molecule has 7 heteroatoms. The molecule has 1 unspecified atom stereocenters. The summed E-state index contributed by atoms with van der Waals surface area (Å²) in [7, 11) is 0. The first-order valence-electron chi connectivity index (χ1n) is 8.96. The van der Waals surface area contributed by atoms with Crippen molar-refractivity contribution in [2.45, 2.75) is 19.4 Å². The molecule has 0 saturated heterocycles. The highest BCUT2D eigenvalue weighted by Crippen LogP contribution is 2.18. The number of Topliss-reactive ketones (excluding diaryl/α,β-unsaturated/α-hetero) is 1. The maximum atomic E-state index is 12.5. The van der Waals surface area contributed by atoms with E-state index in [0.29, 0.717) is 11.1 Å². The summed E-state index contributed by atoms with van der Waals surface area (Å²) in [6.45, 7) is 0.750. The van der Waals surface area contributed by atoms with Crippen molar-refractivity contribution in [2.24, 2.45) is 5.92 Å². The molecule has 0 aliphatic carbocycles. The van der Waals surface area contributed by atoms with E-state index in [2.05, 4.69) is 5.32 Å². The van der Waals surface area contributed by atoms with E-state index in [1.165, 1.54) is 6.92 Å². The molecule has 29 heavy (non-hydrogen) atoms. The highest BCUT2D eigenvalue weighted by atomic mass is 16.5. The predicted molar refractivity (Wildman–Crippen MR) is 106 cm³/mol. The number of amides is 1. The molecule has 2 atom stereocenters. The van der Waals surface area contributed by atoms with Crippen LogP contribution in [0.5, 0.6) is 0 Å². The first-order valence-corrected chi connectivity index (χ1v) is 8.96. The second kappa shape index (κ2) is 10.5. The number of carbonyl (C=O) groups is 3. The van der Waals surface area contributed by atoms with Crippen molar-refractivity contribution in [1.82, 2.24) is 5.32 Å². The van der Waals surface area contributed by atoms with Gasteiger partial charge in [0.25, 0.3) is 5.91 Å². The lowest BCUT2D eigenvalue weighted by Crippen LogP contribution is -2.31. The summed E-state index contributed by atoms with van der Waals surface area (Å²) in [6.07, 6.45) is -0.184. The Labute approximate surface area is 168 Å². The van der Waals surface area contributed by atoms with Crippen LogP contribution in [-0.2, 0) is 14.3 Å². The van der Waals surface area contributed by atoms with Gasteiger partial charge in [-0.1, -0.05) is 48.5 Å². The van der Waals surface area contributed by atoms with Crippen LogP contribution in [0.4, 0.5) is 0 Å². The number of esters is 1. The van der Waals surface area contributed by atoms with Gasteiger partial charge in [-0.15, -0.1) is 0 Å². The Bertz CT molecular complexity index is 920. The third-order valence-corrected chi connectivity index (χ3v) is 4.17. The van der Waals surface area contributed by atoms with Crippen molar-refractivity contribution in [3.05, 3.63) is 71.8 Å². The predicted octanol–water partition coefficient (Wildman–Crippen LogP) is 2.84. The average Bonchev–Trinajstić information content (AvgIpc) is 2.73. The number of nitrogens with one attached hydrogen (secondary N) is 2. The van der Waals surface area contributed by atoms with Crippen molar-refractivity contribution in [2.75, 3.05) is 6.61 Å². The van der Waals surface area contributed by atoms with Gasteiger partial charge in [-0.05, 0) is 24.6 Å². The Balaban J connectivity index is 2.05. The molecule has 0 aliphatic heterocycles. The van der Waals surface area contributed by atoms with Crippen LogP contribution in [0, 0.1) is 22.7 Å². The van der Waals surface area contributed by atoms with Gasteiger partial charge in [0.1, 0.15) is 5.92 Å². The Kier molecular flexibility index (Phi) is 7.80. The van der Waals surface area contributed by atoms with Gasteiger partial charge in [0.15, 0.2) is 12.4 Å². The maximum absolute atomic E-state index is 12.5. The van der Waals surface area contributed by atoms with Crippen LogP contribution in [0.2, 0.25) is 0 Å². The molecule has 148 valence electrons. The minimum atomic E-state index is -1.23. The minimum absolute atomic E-state index is 0.106. The number of benzene rings is 2. The molecule has 2 rings (SSSR count). The largest absolute Gasteiger partial charge is 0.458 e. The van der Waals surface area contributed by atoms with Gasteiger partial charge in [-0.3, -0.25) is 14.4 Å². The number of ketones is 1. The summed E-state index contributed by atoms with van der Waals surface area (Å²) in [6, 6.07) is 18.6. The number of carbonyl (C=O) groups excluding carboxylic acids is 3. The number of hydrogen-bond donors (Lipinski definition) is 2. The van der Waals surface area contributed by atoms with E-state index in [-0.39, 0.29) is 18.0 Å². The lowest BCUT2D eigenvalue weighted by Gasteiger charge is -2.19. The highest BCUT2D eigenvalue weighted by Gasteiger charge is 2.24. The van der Waals surface area contributed by atoms with Gasteiger partial charge in [-0.25, -0.2) is 0 Å². The van der Waals surface area contributed by atoms with Crippen molar-refractivity contribution in [3.63, 3.8) is 0 Å². The van der Waals surface area contributed by atoms with E-state index >= 15 is 0 Å². The lowest BCUT2D eigenvalue weighted by atomic mass is 10.0. The van der Waals surface area contributed by atoms with Gasteiger partial charge in [0.2, 0.25) is 0 Å². The minimum Gasteiger partial charge on any atom is -0.458 e. The Hall–Kier alpha value is -3.79. The van der Waals surface area contributed by atoms with E-state index in [9.17, 15) is 14.4 Å². The molecule has 7 nitrogen and oxygen atoms in total. The quantitative estimate of drug-likeness (QED) is 0.503. The smallest absolute Gasteiger partial charge is 0.308 e. The Morgan fingerprint density at radius 1 is 1.07 bits per heavy atom. The van der Waals surface area contributed by atoms with Crippen LogP contribution in [0.3, 0.4) is 0 Å². The molecule has 1 amide bonds. The maximum Gasteiger partial charge on any atom is 0.308 e. The molecular weight excluding hydrogens is 370 g/mol. The zero-order chi connectivity index (χ0) is 21.2. The topological polar surface area (TPSA) is 120 Å². The third kappa shape index (κ3) is 6.40. The molecule has 0 bridgehead atoms. The van der Waals surface area contributed by atoms with E-state index in [4.69, 9.17) is 15.4 Å². The van der Waals surface area contributed by atoms with Gasteiger partial charge < -0.3 is 15.5 Å². The molecule has 0 radical (unpaired) electrons. The molecule has 0 fully saturated rings. The van der Waals surface area contributed by atoms with Gasteiger partial charge in [-0.2, -0.15) is 5.26 Å². The van der Waals surface area contributed by atoms with Gasteiger partial charge in [0, 0.05) is 11.3 Å². The summed E-state index contributed by atoms with van der Waals surface area (Å²) in [5.41, 5.74) is 1.06. The molecule has 2 aromatic rings. The fourth-order valence-corrected chi connectivity index (χ4v) is 2.64. The first kappa shape index (κ1) is 21.5. The lowest BCUT2D eigenvalue weighted by molar-refractivity contribution is -0.148. The summed E-state index contributed by atoms with van der Waals surface area (Å²) < 4.78 is 4.99. The Morgan fingerprint density at radius 3 is 2.21 bits per heavy atom. The van der Waals surface area contributed by atoms with E-state index in [1.807, 2.05) is 6.07 Å². The Morgan fingerprint density at radius 2 is 1.66 bits per heavy atom. The SMILES string of the molecule is CC(=N)C(C#N)C(=O)COC(=O)C[C@H](NC(=O)c1ccccc1)c1ccccc1. The van der Waals surface area contributed by atoms with Crippen LogP contribution >= 0.6 is 0 Å². The summed E-state index contributed by atoms with van der Waals surface area (Å²) >= 11 is 0. The molecule has 2 aromatic carbocycles. The normalized spacial score (nSPS) is 12.1. The van der Waals surface area contributed by atoms with Crippen LogP contribution in [0.15, 0.2) is 60.7 Å². The molecular formula is C22H21N3O4. The van der Waals surface area contributed by atoms with Crippen LogP contribution in [0.1, 0.15) is 35.3 Å². The fourth-order valence-electron chi connectivity index (χ4n) is 2.64. The van der Waals surface area contributed by atoms with Crippen LogP contribution in [0.25, 0.3) is 0 Å². The number of ether oxygens (including phenoxy) is 1. The van der Waals surface area contributed by atoms with E-state index in [0.717, 1.165) is 0 Å². The second-order valence-electron chi connectivity index (χ2n) is 6.38. The standard InChI is InChI=1S/C22H21N3O4/c1-15(24)18(13-23)20(26)14-29-21(27)12-19(16-8-4-2-5-9-16)25-22(28)17-10-6-3-7-11-17/h2-11,18-19,24H,12,14H2,1H3,(H,25,28)/t18?,19-/m0/s1. The molecule has 0 spiro atoms. The number of hydrogen-bond acceptors (Lipinski definition) is 6. The molecule has 0 aromatic heterocycles. The van der Waals surface area contributed by atoms with Crippen molar-refractivity contribution in [1.29, 1.82) is 10.7 Å². The van der Waals surface area contributed by atoms with Crippen molar-refractivity contribution >= 4 is 23.4 Å². The summed E-state index contributed by atoms with van der Waals surface area (Å²) in [5, 5.41) is 19.2. The van der Waals surface area contributed by atoms with Crippen LogP contribution < -0.4 is 5.32 Å². The number of rotatable bonds is 9. The molecule has 0 saturated carbocycles. The summed E-state index contributed by atoms with van der Waals surface area (Å²) in [4.78, 5) is 36.7. The zero-order valence-corrected chi connectivity index (χ0v) is 15.9. The fraction of sp³-hybridized carbons (Fsp3) is 0.227. The highest BCUT2D eigenvalue weighted by molar-refractivity contribution is 6.06. The van der Waals surface area contributed by atoms with Crippen molar-refractivity contribution < 1.29 is 19.1 Å². The zero-order valence-electron chi connectivity index (χ0n) is 15.9. The second-order valence-corrected chi connectivity index (χ2v) is 6.38. The molecule has 0 heterocycles. The number of nitrogens with zero attached hydrogens (tertiary/aromatic N) is 1. The third-order valence-electron chi connectivity index (χ3n) is 4.17.